The van der Waals surface area contributed by atoms with Crippen LogP contribution in [-0.4, -0.2) is 48.4 Å². The van der Waals surface area contributed by atoms with Gasteiger partial charge >= 0.3 is 0 Å². The predicted octanol–water partition coefficient (Wildman–Crippen LogP) is 5.39. The molecule has 296 valence electrons. The Labute approximate surface area is 320 Å². The molecular weight excluding hydrogens is 779 g/mol. The third-order valence-electron chi connectivity index (χ3n) is 9.98. The highest BCUT2D eigenvalue weighted by molar-refractivity contribution is 7.92. The van der Waals surface area contributed by atoms with Gasteiger partial charge in [-0.15, -0.1) is 5.26 Å². The first-order chi connectivity index (χ1) is 26.7. The fourth-order valence-electron chi connectivity index (χ4n) is 7.75. The lowest BCUT2D eigenvalue weighted by Crippen LogP contribution is -2.26. The van der Waals surface area contributed by atoms with Crippen molar-refractivity contribution in [3.8, 4) is 12.0 Å². The molecule has 4 aromatic rings. The van der Waals surface area contributed by atoms with Gasteiger partial charge in [-0.3, -0.25) is 14.8 Å². The lowest BCUT2D eigenvalue weighted by atomic mass is 9.98. The van der Waals surface area contributed by atoms with Crippen molar-refractivity contribution in [2.75, 3.05) is 11.1 Å². The molecule has 19 heteroatoms. The molecule has 8 rings (SSSR count). The molecule has 0 radical (unpaired) electrons. The van der Waals surface area contributed by atoms with Crippen molar-refractivity contribution in [2.45, 2.75) is 100.0 Å². The van der Waals surface area contributed by atoms with E-state index >= 15 is 0 Å². The third kappa shape index (κ3) is 8.82. The van der Waals surface area contributed by atoms with E-state index in [4.69, 9.17) is 10.00 Å². The number of hydrogen-bond donors (Lipinski definition) is 2. The summed E-state index contributed by atoms with van der Waals surface area (Å²) in [6, 6.07) is 4.54. The summed E-state index contributed by atoms with van der Waals surface area (Å²) in [5.41, 5.74) is 8.84. The molecule has 2 aromatic heterocycles. The van der Waals surface area contributed by atoms with E-state index < -0.39 is 65.8 Å². The van der Waals surface area contributed by atoms with Crippen LogP contribution >= 0.6 is 0 Å². The number of ether oxygens (including phenoxy) is 1. The zero-order valence-electron chi connectivity index (χ0n) is 29.9. The summed E-state index contributed by atoms with van der Waals surface area (Å²) in [5, 5.41) is 14.4. The van der Waals surface area contributed by atoms with Crippen molar-refractivity contribution >= 4 is 31.5 Å². The van der Waals surface area contributed by atoms with Gasteiger partial charge in [-0.2, -0.15) is 0 Å². The maximum Gasteiger partial charge on any atom is 0.292 e. The van der Waals surface area contributed by atoms with Gasteiger partial charge in [0, 0.05) is 30.5 Å². The molecule has 2 aromatic carbocycles. The van der Waals surface area contributed by atoms with Crippen LogP contribution in [-0.2, 0) is 76.0 Å². The summed E-state index contributed by atoms with van der Waals surface area (Å²) >= 11 is 0. The molecule has 2 heterocycles. The predicted molar refractivity (Wildman–Crippen MR) is 193 cm³/mol. The van der Waals surface area contributed by atoms with E-state index in [2.05, 4.69) is 42.5 Å². The van der Waals surface area contributed by atoms with Crippen molar-refractivity contribution in [1.82, 2.24) is 19.9 Å². The zero-order valence-corrected chi connectivity index (χ0v) is 31.5. The molecule has 4 aliphatic rings. The second kappa shape index (κ2) is 17.0. The Morgan fingerprint density at radius 2 is 1.11 bits per heavy atom. The van der Waals surface area contributed by atoms with Crippen molar-refractivity contribution < 1.29 is 43.9 Å². The number of aromatic nitrogens is 4. The van der Waals surface area contributed by atoms with Gasteiger partial charge < -0.3 is 10.1 Å². The Morgan fingerprint density at radius 3 is 1.54 bits per heavy atom. The molecule has 3 N–H and O–H groups in total. The van der Waals surface area contributed by atoms with Crippen LogP contribution < -0.4 is 15.2 Å². The van der Waals surface area contributed by atoms with E-state index in [1.165, 1.54) is 46.2 Å². The Bertz CT molecular complexity index is 2360. The van der Waals surface area contributed by atoms with E-state index in [1.807, 2.05) is 6.26 Å². The van der Waals surface area contributed by atoms with Crippen LogP contribution in [0.2, 0.25) is 0 Å². The van der Waals surface area contributed by atoms with Crippen LogP contribution in [0, 0.1) is 11.5 Å². The number of carbonyl (C=O) groups is 1. The summed E-state index contributed by atoms with van der Waals surface area (Å²) in [5.74, 6) is -0.801. The SMILES string of the molecule is N#COc1c2c(cc3c1CCC3)CCC2.NS(=O)(=O)c1nccnc1C(F)F.O=C(CS(=O)(=O)c1nccnc1C(F)F)Nc1c2c(cc3c1CCC3)CCC2. The minimum Gasteiger partial charge on any atom is -0.387 e. The molecule has 0 aliphatic heterocycles. The number of nitrogens with two attached hydrogens (primary N) is 1. The van der Waals surface area contributed by atoms with Crippen LogP contribution in [0.15, 0.2) is 47.0 Å². The number of benzene rings is 2. The highest BCUT2D eigenvalue weighted by atomic mass is 32.2. The highest BCUT2D eigenvalue weighted by Gasteiger charge is 2.31. The molecule has 1 amide bonds. The molecule has 0 spiro atoms. The largest absolute Gasteiger partial charge is 0.387 e. The second-order valence-corrected chi connectivity index (χ2v) is 16.9. The number of fused-ring (bicyclic) bond motifs is 4. The smallest absolute Gasteiger partial charge is 0.292 e. The average molecular weight is 816 g/mol. The number of hydrogen-bond acceptors (Lipinski definition) is 11. The summed E-state index contributed by atoms with van der Waals surface area (Å²) in [4.78, 5) is 25.9. The van der Waals surface area contributed by atoms with Gasteiger partial charge in [0.15, 0.2) is 10.1 Å². The Hall–Kier alpha value is -5.06. The maximum atomic E-state index is 13.1. The monoisotopic (exact) mass is 815 g/mol. The molecule has 0 saturated heterocycles. The molecule has 0 bridgehead atoms. The molecule has 13 nitrogen and oxygen atoms in total. The topological polar surface area (TPSA) is 208 Å². The summed E-state index contributed by atoms with van der Waals surface area (Å²) < 4.78 is 102. The van der Waals surface area contributed by atoms with E-state index in [0.717, 1.165) is 112 Å². The summed E-state index contributed by atoms with van der Waals surface area (Å²) in [6.07, 6.45) is 12.2. The molecule has 0 atom stereocenters. The van der Waals surface area contributed by atoms with E-state index in [-0.39, 0.29) is 0 Å². The van der Waals surface area contributed by atoms with E-state index in [1.54, 1.807) is 0 Å². The van der Waals surface area contributed by atoms with Crippen LogP contribution in [0.3, 0.4) is 0 Å². The van der Waals surface area contributed by atoms with Gasteiger partial charge in [-0.25, -0.2) is 49.5 Å². The number of nitriles is 1. The number of alkyl halides is 4. The van der Waals surface area contributed by atoms with E-state index in [9.17, 15) is 39.2 Å². The lowest BCUT2D eigenvalue weighted by molar-refractivity contribution is -0.113. The number of sulfone groups is 1. The second-order valence-electron chi connectivity index (χ2n) is 13.6. The van der Waals surface area contributed by atoms with Crippen molar-refractivity contribution in [3.05, 3.63) is 92.8 Å². The Kier molecular flexibility index (Phi) is 12.3. The normalized spacial score (nSPS) is 15.1. The van der Waals surface area contributed by atoms with Crippen LogP contribution in [0.5, 0.6) is 5.75 Å². The molecule has 56 heavy (non-hydrogen) atoms. The fraction of sp³-hybridized carbons (Fsp3) is 0.405. The fourth-order valence-corrected chi connectivity index (χ4v) is 9.62. The van der Waals surface area contributed by atoms with Gasteiger partial charge in [0.1, 0.15) is 22.9 Å². The highest BCUT2D eigenvalue weighted by Crippen LogP contribution is 2.41. The number of nitrogens with one attached hydrogen (secondary N) is 1. The van der Waals surface area contributed by atoms with Crippen molar-refractivity contribution in [3.63, 3.8) is 0 Å². The van der Waals surface area contributed by atoms with Gasteiger partial charge in [-0.1, -0.05) is 12.1 Å². The Morgan fingerprint density at radius 1 is 0.696 bits per heavy atom. The van der Waals surface area contributed by atoms with Crippen LogP contribution in [0.4, 0.5) is 23.2 Å². The van der Waals surface area contributed by atoms with Gasteiger partial charge in [0.25, 0.3) is 29.1 Å². The number of amides is 1. The van der Waals surface area contributed by atoms with Gasteiger partial charge in [0.2, 0.25) is 15.7 Å². The number of aryl methyl sites for hydroxylation is 4. The first kappa shape index (κ1) is 40.6. The molecule has 4 aliphatic carbocycles. The molecule has 0 unspecified atom stereocenters. The number of nitrogens with zero attached hydrogens (tertiary/aromatic N) is 5. The summed E-state index contributed by atoms with van der Waals surface area (Å²) in [6.45, 7) is 0. The van der Waals surface area contributed by atoms with Crippen molar-refractivity contribution in [2.24, 2.45) is 5.14 Å². The Balaban J connectivity index is 0.000000159. The number of halogens is 4. The molecule has 0 fully saturated rings. The quantitative estimate of drug-likeness (QED) is 0.170. The maximum absolute atomic E-state index is 13.1. The molecular formula is C37H37F4N7O6S2. The third-order valence-corrected chi connectivity index (χ3v) is 12.4. The molecule has 0 saturated carbocycles. The van der Waals surface area contributed by atoms with Crippen LogP contribution in [0.1, 0.15) is 94.4 Å². The average Bonchev–Trinajstić information content (AvgIpc) is 3.99. The minimum atomic E-state index is -4.35. The number of rotatable bonds is 8. The number of carbonyl (C=O) groups excluding carboxylic acids is 1. The standard InChI is InChI=1S/C19H19F2N3O3S.C13H13NO.C5H5F2N3O2S/c20-18(21)17-19(23-8-7-22-17)28(26,27)10-15(25)24-16-13-5-1-3-11(13)9-12-4-2-6-14(12)16;14-8-15-13-11-5-1-3-9(11)7-10-4-2-6-12(10)13;6-4(7)3-5(13(8,11)12)10-2-1-9-3/h7-9,18H,1-6,10H2,(H,24,25);7H,1-6H2;1-2,4H,(H2,8,11,12). The lowest BCUT2D eigenvalue weighted by Gasteiger charge is -2.16. The van der Waals surface area contributed by atoms with Crippen molar-refractivity contribution in [1.29, 1.82) is 5.26 Å². The number of anilines is 1. The van der Waals surface area contributed by atoms with Gasteiger partial charge in [0.05, 0.1) is 0 Å². The first-order valence-corrected chi connectivity index (χ1v) is 21.0. The van der Waals surface area contributed by atoms with Gasteiger partial charge in [-0.05, 0) is 122 Å². The first-order valence-electron chi connectivity index (χ1n) is 17.8. The number of sulfonamides is 1. The summed E-state index contributed by atoms with van der Waals surface area (Å²) in [7, 11) is -8.58. The van der Waals surface area contributed by atoms with Crippen LogP contribution in [0.25, 0.3) is 0 Å². The number of primary sulfonamides is 1. The minimum absolute atomic E-state index is 0.718. The zero-order chi connectivity index (χ0) is 40.2. The van der Waals surface area contributed by atoms with E-state index in [0.29, 0.717) is 0 Å².